The van der Waals surface area contributed by atoms with Gasteiger partial charge in [-0.3, -0.25) is 0 Å². The molecule has 1 aromatic carbocycles. The smallest absolute Gasteiger partial charge is 0.127 e. The maximum Gasteiger partial charge on any atom is 0.127 e. The standard InChI is InChI=1S/C69H104O6/c1-46(2)24-20-26-48(4)28-21-29-49(5)31-23-37-66(15)38-36-58-59-41-55(40-51(7)35-39-69-65(13,14)43-57(71)45-68(69,17)75-69)61(73-62(59)53(9)54(10)63(58)74-66)52(8)32-19-18-25-47(3)27-22-30-50(6)33-34-60-64(11,12)42-56(70)44-67(60,16)72/h18-19,22,25,27,30,32-33,35,39-40,46,48-49,55-57,61,70-72H,20-21,23-24,26,28-29,31,36-38,41-45H2,1-17H3/b19-18+,27-22+,39-35+,47-25+,50-30+,51-40+,52-32+/t34?,48-,49-,55-,56-,57+,61-,66+,67-,68-,69+/m1/s1. The number of benzene rings is 1. The topological polar surface area (TPSA) is 91.7 Å². The highest BCUT2D eigenvalue weighted by molar-refractivity contribution is 5.61. The van der Waals surface area contributed by atoms with E-state index in [1.807, 2.05) is 13.0 Å². The van der Waals surface area contributed by atoms with E-state index in [1.54, 1.807) is 6.92 Å². The van der Waals surface area contributed by atoms with Gasteiger partial charge in [-0.25, -0.2) is 0 Å². The molecule has 1 aromatic rings. The second-order valence-electron chi connectivity index (χ2n) is 27.3. The Morgan fingerprint density at radius 1 is 0.693 bits per heavy atom. The van der Waals surface area contributed by atoms with Gasteiger partial charge in [-0.1, -0.05) is 166 Å². The second kappa shape index (κ2) is 24.6. The Kier molecular flexibility index (Phi) is 19.9. The largest absolute Gasteiger partial charge is 0.487 e. The van der Waals surface area contributed by atoms with E-state index in [1.165, 1.54) is 84.8 Å². The van der Waals surface area contributed by atoms with Crippen molar-refractivity contribution in [1.29, 1.82) is 0 Å². The van der Waals surface area contributed by atoms with Crippen LogP contribution in [0.5, 0.6) is 11.5 Å². The lowest BCUT2D eigenvalue weighted by Gasteiger charge is -2.43. The molecular weight excluding hydrogens is 925 g/mol. The summed E-state index contributed by atoms with van der Waals surface area (Å²) in [6.07, 6.45) is 39.6. The number of hydrogen-bond donors (Lipinski definition) is 3. The van der Waals surface area contributed by atoms with Crippen molar-refractivity contribution in [3.05, 3.63) is 123 Å². The van der Waals surface area contributed by atoms with Crippen molar-refractivity contribution in [3.8, 4) is 11.5 Å². The molecule has 0 spiro atoms. The summed E-state index contributed by atoms with van der Waals surface area (Å²) in [5.41, 5.74) is 11.3. The molecule has 0 aromatic heterocycles. The maximum atomic E-state index is 11.1. The van der Waals surface area contributed by atoms with Crippen LogP contribution in [0.3, 0.4) is 0 Å². The molecule has 3 aliphatic heterocycles. The van der Waals surface area contributed by atoms with Crippen LogP contribution in [0, 0.1) is 48.3 Å². The van der Waals surface area contributed by atoms with Crippen LogP contribution < -0.4 is 9.47 Å². The number of aliphatic hydroxyl groups excluding tert-OH is 2. The molecule has 3 fully saturated rings. The summed E-state index contributed by atoms with van der Waals surface area (Å²) in [5, 5.41) is 32.1. The van der Waals surface area contributed by atoms with Crippen molar-refractivity contribution < 1.29 is 29.5 Å². The van der Waals surface area contributed by atoms with E-state index in [0.717, 1.165) is 78.1 Å². The third kappa shape index (κ3) is 14.9. The third-order valence-corrected chi connectivity index (χ3v) is 18.4. The minimum Gasteiger partial charge on any atom is -0.487 e. The molecule has 10 atom stereocenters. The predicted molar refractivity (Wildman–Crippen MR) is 315 cm³/mol. The molecule has 5 aliphatic rings. The molecule has 1 saturated heterocycles. The number of fused-ring (bicyclic) bond motifs is 4. The Bertz CT molecular complexity index is 2440. The highest BCUT2D eigenvalue weighted by atomic mass is 16.6. The van der Waals surface area contributed by atoms with Crippen LogP contribution in [-0.2, 0) is 17.6 Å². The van der Waals surface area contributed by atoms with Crippen LogP contribution in [0.25, 0.3) is 0 Å². The SMILES string of the molecule is C\C(C=C=C1C(C)(C)C[C@@H](O)C[C@@]1(C)O)=C/C=C/C(C)=C/C=C/C=C(\C)[C@H]1Oc2c(C)c(C)c3c(c2C[C@H]1/C=C(C)/C=C/[C@@]12O[C@]1(C)C[C@@H](O)CC2(C)C)CC[C@](C)(CCC[C@H](C)CCC[C@H](C)CCCC(C)C)O3. The lowest BCUT2D eigenvalue weighted by atomic mass is 9.63. The summed E-state index contributed by atoms with van der Waals surface area (Å²) in [6, 6.07) is 0. The minimum absolute atomic E-state index is 0.0999. The summed E-state index contributed by atoms with van der Waals surface area (Å²) in [4.78, 5) is 0. The number of ether oxygens (including phenoxy) is 3. The van der Waals surface area contributed by atoms with E-state index < -0.39 is 17.3 Å². The molecular formula is C69H104O6. The first-order valence-electron chi connectivity index (χ1n) is 29.5. The van der Waals surface area contributed by atoms with Crippen LogP contribution in [0.2, 0.25) is 0 Å². The summed E-state index contributed by atoms with van der Waals surface area (Å²) in [6.45, 7) is 37.5. The Morgan fingerprint density at radius 2 is 1.31 bits per heavy atom. The van der Waals surface area contributed by atoms with Gasteiger partial charge in [0.25, 0.3) is 0 Å². The first-order chi connectivity index (χ1) is 35.0. The molecule has 2 aliphatic carbocycles. The molecule has 2 saturated carbocycles. The third-order valence-electron chi connectivity index (χ3n) is 18.4. The molecule has 416 valence electrons. The van der Waals surface area contributed by atoms with E-state index in [9.17, 15) is 15.3 Å². The zero-order chi connectivity index (χ0) is 55.3. The van der Waals surface area contributed by atoms with Gasteiger partial charge in [0.05, 0.1) is 17.8 Å². The first-order valence-corrected chi connectivity index (χ1v) is 29.5. The van der Waals surface area contributed by atoms with Gasteiger partial charge < -0.3 is 29.5 Å². The van der Waals surface area contributed by atoms with E-state index in [2.05, 4.69) is 170 Å². The average Bonchev–Trinajstić information content (AvgIpc) is 3.92. The van der Waals surface area contributed by atoms with E-state index in [-0.39, 0.29) is 40.2 Å². The van der Waals surface area contributed by atoms with Gasteiger partial charge in [0.15, 0.2) is 0 Å². The highest BCUT2D eigenvalue weighted by Crippen LogP contribution is 2.66. The van der Waals surface area contributed by atoms with Gasteiger partial charge in [-0.2, -0.15) is 0 Å². The van der Waals surface area contributed by atoms with E-state index in [4.69, 9.17) is 14.2 Å². The van der Waals surface area contributed by atoms with Gasteiger partial charge in [0, 0.05) is 40.9 Å². The van der Waals surface area contributed by atoms with Crippen LogP contribution >= 0.6 is 0 Å². The van der Waals surface area contributed by atoms with Gasteiger partial charge in [0.1, 0.15) is 34.4 Å². The highest BCUT2D eigenvalue weighted by Gasteiger charge is 2.74. The van der Waals surface area contributed by atoms with Crippen LogP contribution in [0.15, 0.2) is 100 Å². The average molecular weight is 1030 g/mol. The minimum atomic E-state index is -1.08. The zero-order valence-corrected chi connectivity index (χ0v) is 50.3. The molecule has 0 unspecified atom stereocenters. The normalized spacial score (nSPS) is 31.7. The molecule has 6 heteroatoms. The predicted octanol–water partition coefficient (Wildman–Crippen LogP) is 16.9. The number of hydrogen-bond acceptors (Lipinski definition) is 6. The Hall–Kier alpha value is -3.64. The van der Waals surface area contributed by atoms with Gasteiger partial charge in [0.2, 0.25) is 0 Å². The van der Waals surface area contributed by atoms with Crippen LogP contribution in [0.1, 0.15) is 216 Å². The maximum absolute atomic E-state index is 11.1. The quantitative estimate of drug-likeness (QED) is 0.0646. The van der Waals surface area contributed by atoms with Crippen molar-refractivity contribution in [2.24, 2.45) is 34.5 Å². The first kappa shape index (κ1) is 60.6. The number of epoxide rings is 1. The lowest BCUT2D eigenvalue weighted by Crippen LogP contribution is -2.46. The van der Waals surface area contributed by atoms with Gasteiger partial charge in [-0.15, -0.1) is 5.73 Å². The fourth-order valence-electron chi connectivity index (χ4n) is 13.9. The fourth-order valence-corrected chi connectivity index (χ4v) is 13.9. The van der Waals surface area contributed by atoms with Gasteiger partial charge in [-0.05, 0) is 165 Å². The van der Waals surface area contributed by atoms with E-state index >= 15 is 0 Å². The Balaban J connectivity index is 1.18. The molecule has 0 bridgehead atoms. The number of allylic oxidation sites excluding steroid dienone is 11. The van der Waals surface area contributed by atoms with Crippen LogP contribution in [0.4, 0.5) is 0 Å². The van der Waals surface area contributed by atoms with Crippen molar-refractivity contribution in [2.45, 2.75) is 261 Å². The molecule has 6 nitrogen and oxygen atoms in total. The summed E-state index contributed by atoms with van der Waals surface area (Å²) < 4.78 is 21.0. The van der Waals surface area contributed by atoms with E-state index in [0.29, 0.717) is 19.3 Å². The Morgan fingerprint density at radius 3 is 1.96 bits per heavy atom. The zero-order valence-electron chi connectivity index (χ0n) is 50.3. The molecule has 0 amide bonds. The molecule has 6 rings (SSSR count). The van der Waals surface area contributed by atoms with Gasteiger partial charge >= 0.3 is 0 Å². The molecule has 3 N–H and O–H groups in total. The molecule has 75 heavy (non-hydrogen) atoms. The summed E-state index contributed by atoms with van der Waals surface area (Å²) in [5.74, 6) is 4.63. The Labute approximate surface area is 457 Å². The van der Waals surface area contributed by atoms with Crippen molar-refractivity contribution in [2.75, 3.05) is 0 Å². The van der Waals surface area contributed by atoms with Crippen molar-refractivity contribution >= 4 is 0 Å². The van der Waals surface area contributed by atoms with Crippen molar-refractivity contribution in [1.82, 2.24) is 0 Å². The fraction of sp³-hybridized carbons (Fsp3) is 0.667. The second-order valence-corrected chi connectivity index (χ2v) is 27.3. The van der Waals surface area contributed by atoms with Crippen molar-refractivity contribution in [3.63, 3.8) is 0 Å². The molecule has 3 heterocycles. The number of rotatable bonds is 21. The monoisotopic (exact) mass is 1030 g/mol. The summed E-state index contributed by atoms with van der Waals surface area (Å²) >= 11 is 0. The van der Waals surface area contributed by atoms with Crippen LogP contribution in [-0.4, -0.2) is 56.0 Å². The number of aliphatic hydroxyl groups is 3. The lowest BCUT2D eigenvalue weighted by molar-refractivity contribution is -0.0268. The molecule has 0 radical (unpaired) electrons. The summed E-state index contributed by atoms with van der Waals surface area (Å²) in [7, 11) is 0.